The summed E-state index contributed by atoms with van der Waals surface area (Å²) in [5.74, 6) is -0.453. The van der Waals surface area contributed by atoms with Crippen molar-refractivity contribution < 1.29 is 38.3 Å². The van der Waals surface area contributed by atoms with Crippen molar-refractivity contribution in [2.75, 3.05) is 6.61 Å². The summed E-state index contributed by atoms with van der Waals surface area (Å²) in [6.07, 6.45) is -4.79. The Morgan fingerprint density at radius 2 is 1.35 bits per heavy atom. The second-order valence-corrected chi connectivity index (χ2v) is 10.5. The number of aliphatic hydroxyl groups excluding tert-OH is 1. The van der Waals surface area contributed by atoms with Crippen LogP contribution < -0.4 is 0 Å². The molecule has 0 radical (unpaired) electrons. The van der Waals surface area contributed by atoms with Crippen LogP contribution in [0.2, 0.25) is 0 Å². The average molecular weight is 583 g/mol. The van der Waals surface area contributed by atoms with Gasteiger partial charge in [0.1, 0.15) is 31.0 Å². The first-order valence-corrected chi connectivity index (χ1v) is 14.4. The Bertz CT molecular complexity index is 1450. The van der Waals surface area contributed by atoms with Gasteiger partial charge in [0, 0.05) is 5.56 Å². The maximum Gasteiger partial charge on any atom is 0.338 e. The van der Waals surface area contributed by atoms with Crippen molar-refractivity contribution in [3.63, 3.8) is 0 Å². The predicted molar refractivity (Wildman–Crippen MR) is 156 cm³/mol. The summed E-state index contributed by atoms with van der Waals surface area (Å²) >= 11 is 0. The summed E-state index contributed by atoms with van der Waals surface area (Å²) in [6.45, 7) is 0.638. The van der Waals surface area contributed by atoms with E-state index in [0.717, 1.165) is 16.7 Å². The van der Waals surface area contributed by atoms with E-state index in [-0.39, 0.29) is 26.4 Å². The van der Waals surface area contributed by atoms with Gasteiger partial charge < -0.3 is 33.5 Å². The van der Waals surface area contributed by atoms with E-state index in [0.29, 0.717) is 11.1 Å². The van der Waals surface area contributed by atoms with Gasteiger partial charge in [0.15, 0.2) is 12.6 Å². The molecule has 0 aromatic heterocycles. The van der Waals surface area contributed by atoms with Crippen molar-refractivity contribution in [1.82, 2.24) is 0 Å². The zero-order valence-corrected chi connectivity index (χ0v) is 23.6. The molecule has 2 heterocycles. The molecular formula is C35H34O8. The summed E-state index contributed by atoms with van der Waals surface area (Å²) in [5.41, 5.74) is 3.71. The Morgan fingerprint density at radius 1 is 0.721 bits per heavy atom. The molecule has 2 aliphatic rings. The zero-order chi connectivity index (χ0) is 29.4. The van der Waals surface area contributed by atoms with Gasteiger partial charge in [-0.15, -0.1) is 0 Å². The summed E-state index contributed by atoms with van der Waals surface area (Å²) < 4.78 is 36.5. The molecule has 1 N–H and O–H groups in total. The molecule has 2 saturated heterocycles. The number of benzene rings is 4. The highest BCUT2D eigenvalue weighted by Gasteiger charge is 2.50. The van der Waals surface area contributed by atoms with E-state index in [9.17, 15) is 9.90 Å². The molecule has 43 heavy (non-hydrogen) atoms. The maximum absolute atomic E-state index is 13.0. The van der Waals surface area contributed by atoms with Gasteiger partial charge in [0.25, 0.3) is 0 Å². The molecule has 4 aromatic carbocycles. The molecule has 4 aromatic rings. The highest BCUT2D eigenvalue weighted by atomic mass is 16.8. The quantitative estimate of drug-likeness (QED) is 0.251. The minimum atomic E-state index is -1.06. The summed E-state index contributed by atoms with van der Waals surface area (Å²) in [7, 11) is 0. The van der Waals surface area contributed by atoms with Crippen LogP contribution in [0.1, 0.15) is 38.9 Å². The molecule has 6 atom stereocenters. The monoisotopic (exact) mass is 582 g/mol. The Morgan fingerprint density at radius 3 is 2.07 bits per heavy atom. The van der Waals surface area contributed by atoms with Crippen LogP contribution in [0.5, 0.6) is 0 Å². The lowest BCUT2D eigenvalue weighted by molar-refractivity contribution is -0.368. The van der Waals surface area contributed by atoms with Crippen LogP contribution in [0.25, 0.3) is 0 Å². The molecule has 0 bridgehead atoms. The fourth-order valence-electron chi connectivity index (χ4n) is 5.24. The molecule has 0 spiro atoms. The average Bonchev–Trinajstić information content (AvgIpc) is 3.07. The zero-order valence-electron chi connectivity index (χ0n) is 23.6. The first-order valence-electron chi connectivity index (χ1n) is 14.4. The van der Waals surface area contributed by atoms with Gasteiger partial charge in [-0.3, -0.25) is 0 Å². The Balaban J connectivity index is 1.16. The van der Waals surface area contributed by atoms with Crippen molar-refractivity contribution in [2.24, 2.45) is 0 Å². The van der Waals surface area contributed by atoms with Crippen molar-refractivity contribution in [2.45, 2.75) is 56.8 Å². The van der Waals surface area contributed by atoms with Crippen LogP contribution in [0.15, 0.2) is 115 Å². The minimum Gasteiger partial charge on any atom is -0.457 e. The van der Waals surface area contributed by atoms with E-state index in [4.69, 9.17) is 28.4 Å². The van der Waals surface area contributed by atoms with Crippen molar-refractivity contribution in [1.29, 1.82) is 0 Å². The molecule has 0 aliphatic carbocycles. The second-order valence-electron chi connectivity index (χ2n) is 10.5. The molecule has 8 nitrogen and oxygen atoms in total. The first-order chi connectivity index (χ1) is 21.2. The normalized spacial score (nSPS) is 25.0. The van der Waals surface area contributed by atoms with E-state index in [1.54, 1.807) is 18.2 Å². The number of ether oxygens (including phenoxy) is 6. The smallest absolute Gasteiger partial charge is 0.338 e. The number of esters is 1. The van der Waals surface area contributed by atoms with Crippen LogP contribution >= 0.6 is 0 Å². The highest BCUT2D eigenvalue weighted by Crippen LogP contribution is 2.36. The summed E-state index contributed by atoms with van der Waals surface area (Å²) in [4.78, 5) is 13.0. The Hall–Kier alpha value is -3.89. The lowest BCUT2D eigenvalue weighted by Gasteiger charge is -2.47. The van der Waals surface area contributed by atoms with Gasteiger partial charge in [-0.2, -0.15) is 0 Å². The molecule has 222 valence electrons. The number of fused-ring (bicyclic) bond motifs is 1. The maximum atomic E-state index is 13.0. The first kappa shape index (κ1) is 29.2. The van der Waals surface area contributed by atoms with Gasteiger partial charge in [-0.1, -0.05) is 109 Å². The van der Waals surface area contributed by atoms with Crippen LogP contribution in [0, 0.1) is 0 Å². The van der Waals surface area contributed by atoms with E-state index in [1.807, 2.05) is 97.1 Å². The minimum absolute atomic E-state index is 0.0327. The third-order valence-electron chi connectivity index (χ3n) is 7.52. The van der Waals surface area contributed by atoms with E-state index < -0.39 is 43.0 Å². The number of rotatable bonds is 10. The van der Waals surface area contributed by atoms with Crippen LogP contribution in [-0.4, -0.2) is 48.4 Å². The number of aliphatic hydroxyl groups is 1. The molecule has 1 unspecified atom stereocenters. The highest BCUT2D eigenvalue weighted by molar-refractivity contribution is 5.91. The lowest BCUT2D eigenvalue weighted by Crippen LogP contribution is -2.62. The molecule has 2 fully saturated rings. The molecular weight excluding hydrogens is 548 g/mol. The summed E-state index contributed by atoms with van der Waals surface area (Å²) in [5, 5.41) is 11.6. The largest absolute Gasteiger partial charge is 0.457 e. The topological polar surface area (TPSA) is 92.7 Å². The van der Waals surface area contributed by atoms with Crippen molar-refractivity contribution in [3.8, 4) is 0 Å². The molecule has 8 heteroatoms. The van der Waals surface area contributed by atoms with Crippen molar-refractivity contribution in [3.05, 3.63) is 143 Å². The molecule has 6 rings (SSSR count). The van der Waals surface area contributed by atoms with Crippen molar-refractivity contribution >= 4 is 5.97 Å². The van der Waals surface area contributed by atoms with E-state index in [2.05, 4.69) is 0 Å². The molecule has 2 aliphatic heterocycles. The van der Waals surface area contributed by atoms with Gasteiger partial charge in [-0.05, 0) is 22.8 Å². The standard InChI is InChI=1S/C35H34O8/c36-30-31-29(23-41-34(43-31)26-16-8-3-9-17-26)42-35(32(30)38-20-24-12-4-1-5-13-24)40-22-27-18-10-11-19-28(27)33(37)39-21-25-14-6-2-7-15-25/h1-19,29-32,34-36H,20-23H2/t29-,30+,31+,32-,34?,35-/m1/s1. The Kier molecular flexibility index (Phi) is 9.54. The second kappa shape index (κ2) is 14.1. The van der Waals surface area contributed by atoms with Gasteiger partial charge >= 0.3 is 5.97 Å². The molecule has 0 saturated carbocycles. The number of hydrogen-bond acceptors (Lipinski definition) is 8. The van der Waals surface area contributed by atoms with Crippen LogP contribution in [0.4, 0.5) is 0 Å². The number of hydrogen-bond donors (Lipinski definition) is 1. The SMILES string of the molecule is O=C(OCc1ccccc1)c1ccccc1CO[C@@H]1O[C@@H]2COC(c3ccccc3)O[C@@H]2[C@H](O)[C@H]1OCc1ccccc1. The summed E-state index contributed by atoms with van der Waals surface area (Å²) in [6, 6.07) is 35.9. The van der Waals surface area contributed by atoms with Gasteiger partial charge in [-0.25, -0.2) is 4.79 Å². The van der Waals surface area contributed by atoms with Gasteiger partial charge in [0.05, 0.1) is 25.4 Å². The van der Waals surface area contributed by atoms with Gasteiger partial charge in [0.2, 0.25) is 0 Å². The fraction of sp³-hybridized carbons (Fsp3) is 0.286. The predicted octanol–water partition coefficient (Wildman–Crippen LogP) is 5.35. The fourth-order valence-corrected chi connectivity index (χ4v) is 5.24. The van der Waals surface area contributed by atoms with Crippen LogP contribution in [0.3, 0.4) is 0 Å². The van der Waals surface area contributed by atoms with E-state index in [1.165, 1.54) is 0 Å². The van der Waals surface area contributed by atoms with Crippen LogP contribution in [-0.2, 0) is 48.2 Å². The van der Waals surface area contributed by atoms with E-state index >= 15 is 0 Å². The Labute approximate surface area is 250 Å². The lowest BCUT2D eigenvalue weighted by atomic mass is 9.97. The number of carbonyl (C=O) groups is 1. The molecule has 0 amide bonds. The number of carbonyl (C=O) groups excluding carboxylic acids is 1. The third kappa shape index (κ3) is 7.19. The third-order valence-corrected chi connectivity index (χ3v) is 7.52.